The largest absolute Gasteiger partial charge is 0.398 e. The van der Waals surface area contributed by atoms with E-state index in [1.807, 2.05) is 13.8 Å². The van der Waals surface area contributed by atoms with E-state index in [-0.39, 0.29) is 0 Å². The van der Waals surface area contributed by atoms with Crippen LogP contribution in [0, 0.1) is 13.8 Å². The molecule has 0 saturated carbocycles. The molecule has 2 rings (SSSR count). The van der Waals surface area contributed by atoms with E-state index in [0.29, 0.717) is 10.6 Å². The van der Waals surface area contributed by atoms with Gasteiger partial charge in [0.15, 0.2) is 0 Å². The average Bonchev–Trinajstić information content (AvgIpc) is 2.42. The fourth-order valence-electron chi connectivity index (χ4n) is 1.64. The van der Waals surface area contributed by atoms with E-state index in [1.54, 1.807) is 6.07 Å². The number of carbonyl (C=O) groups is 1. The third-order valence-electron chi connectivity index (χ3n) is 2.28. The van der Waals surface area contributed by atoms with E-state index >= 15 is 0 Å². The van der Waals surface area contributed by atoms with E-state index < -0.39 is 5.91 Å². The van der Waals surface area contributed by atoms with Crippen molar-refractivity contribution in [2.24, 2.45) is 5.73 Å². The summed E-state index contributed by atoms with van der Waals surface area (Å²) in [4.78, 5) is 16.8. The maximum atomic E-state index is 11.2. The molecule has 0 aromatic carbocycles. The molecule has 0 atom stereocenters. The van der Waals surface area contributed by atoms with Crippen LogP contribution in [0.2, 0.25) is 0 Å². The number of hydrogen-bond acceptors (Lipinski definition) is 4. The molecule has 0 radical (unpaired) electrons. The van der Waals surface area contributed by atoms with Crippen LogP contribution >= 0.6 is 11.3 Å². The predicted molar refractivity (Wildman–Crippen MR) is 62.0 cm³/mol. The Morgan fingerprint density at radius 2 is 2.13 bits per heavy atom. The first-order chi connectivity index (χ1) is 7.00. The molecule has 1 amide bonds. The Balaban J connectivity index is 2.88. The molecule has 0 bridgehead atoms. The number of rotatable bonds is 1. The second kappa shape index (κ2) is 3.20. The number of pyridine rings is 1. The topological polar surface area (TPSA) is 82.0 Å². The van der Waals surface area contributed by atoms with Gasteiger partial charge in [0.1, 0.15) is 4.83 Å². The summed E-state index contributed by atoms with van der Waals surface area (Å²) in [5.74, 6) is -0.424. The Labute approximate surface area is 90.9 Å². The molecule has 0 saturated heterocycles. The van der Waals surface area contributed by atoms with Crippen LogP contribution < -0.4 is 11.5 Å². The number of nitrogens with two attached hydrogens (primary N) is 2. The van der Waals surface area contributed by atoms with Crippen molar-refractivity contribution < 1.29 is 4.79 Å². The Morgan fingerprint density at radius 1 is 1.47 bits per heavy atom. The minimum atomic E-state index is -0.424. The van der Waals surface area contributed by atoms with Gasteiger partial charge in [0, 0.05) is 16.8 Å². The number of nitrogens with zero attached hydrogens (tertiary/aromatic N) is 1. The molecule has 78 valence electrons. The Kier molecular flexibility index (Phi) is 2.12. The normalized spacial score (nSPS) is 10.8. The van der Waals surface area contributed by atoms with Crippen molar-refractivity contribution in [1.29, 1.82) is 0 Å². The third-order valence-corrected chi connectivity index (χ3v) is 3.48. The molecule has 0 unspecified atom stereocenters. The quantitative estimate of drug-likeness (QED) is 0.767. The number of aryl methyl sites for hydroxylation is 2. The van der Waals surface area contributed by atoms with Crippen molar-refractivity contribution in [2.45, 2.75) is 13.8 Å². The molecule has 2 aromatic heterocycles. The fourth-order valence-corrected chi connectivity index (χ4v) is 2.75. The van der Waals surface area contributed by atoms with Crippen LogP contribution in [-0.2, 0) is 0 Å². The van der Waals surface area contributed by atoms with E-state index in [9.17, 15) is 4.79 Å². The van der Waals surface area contributed by atoms with Crippen LogP contribution in [0.4, 0.5) is 5.69 Å². The van der Waals surface area contributed by atoms with Crippen LogP contribution in [0.15, 0.2) is 6.07 Å². The summed E-state index contributed by atoms with van der Waals surface area (Å²) in [6.45, 7) is 3.71. The maximum Gasteiger partial charge on any atom is 0.259 e. The number of nitrogen functional groups attached to an aromatic ring is 1. The van der Waals surface area contributed by atoms with E-state index in [2.05, 4.69) is 4.98 Å². The van der Waals surface area contributed by atoms with Crippen molar-refractivity contribution in [3.63, 3.8) is 0 Å². The maximum absolute atomic E-state index is 11.2. The number of amides is 1. The highest BCUT2D eigenvalue weighted by Crippen LogP contribution is 2.33. The highest BCUT2D eigenvalue weighted by Gasteiger charge is 2.15. The third kappa shape index (κ3) is 1.45. The fraction of sp³-hybridized carbons (Fsp3) is 0.200. The average molecular weight is 221 g/mol. The van der Waals surface area contributed by atoms with Gasteiger partial charge in [-0.05, 0) is 25.5 Å². The van der Waals surface area contributed by atoms with Gasteiger partial charge >= 0.3 is 0 Å². The first kappa shape index (κ1) is 9.92. The van der Waals surface area contributed by atoms with Crippen molar-refractivity contribution >= 4 is 33.1 Å². The Bertz CT molecular complexity index is 559. The second-order valence-corrected chi connectivity index (χ2v) is 4.45. The van der Waals surface area contributed by atoms with Crippen molar-refractivity contribution in [3.8, 4) is 0 Å². The molecular weight excluding hydrogens is 210 g/mol. The SMILES string of the molecule is Cc1cc(N)c2c(C)c(C(N)=O)sc2n1. The minimum Gasteiger partial charge on any atom is -0.398 e. The number of carbonyl (C=O) groups excluding carboxylic acids is 1. The van der Waals surface area contributed by atoms with Crippen LogP contribution in [0.1, 0.15) is 20.9 Å². The van der Waals surface area contributed by atoms with Gasteiger partial charge in [0.2, 0.25) is 0 Å². The summed E-state index contributed by atoms with van der Waals surface area (Å²) in [6.07, 6.45) is 0. The summed E-state index contributed by atoms with van der Waals surface area (Å²) in [7, 11) is 0. The smallest absolute Gasteiger partial charge is 0.259 e. The van der Waals surface area contributed by atoms with Crippen LogP contribution in [0.25, 0.3) is 10.2 Å². The molecule has 0 aliphatic heterocycles. The van der Waals surface area contributed by atoms with E-state index in [4.69, 9.17) is 11.5 Å². The Hall–Kier alpha value is -1.62. The molecule has 4 nitrogen and oxygen atoms in total. The van der Waals surface area contributed by atoms with Crippen molar-refractivity contribution in [1.82, 2.24) is 4.98 Å². The van der Waals surface area contributed by atoms with Crippen molar-refractivity contribution in [2.75, 3.05) is 5.73 Å². The molecule has 2 aromatic rings. The molecule has 5 heteroatoms. The predicted octanol–water partition coefficient (Wildman–Crippen LogP) is 1.59. The molecule has 4 N–H and O–H groups in total. The summed E-state index contributed by atoms with van der Waals surface area (Å²) >= 11 is 1.29. The number of anilines is 1. The van der Waals surface area contributed by atoms with Crippen LogP contribution in [0.5, 0.6) is 0 Å². The lowest BCUT2D eigenvalue weighted by Gasteiger charge is -1.99. The van der Waals surface area contributed by atoms with Gasteiger partial charge in [0.25, 0.3) is 5.91 Å². The zero-order chi connectivity index (χ0) is 11.2. The molecule has 0 spiro atoms. The van der Waals surface area contributed by atoms with Gasteiger partial charge in [-0.15, -0.1) is 11.3 Å². The number of hydrogen-bond donors (Lipinski definition) is 2. The van der Waals surface area contributed by atoms with Gasteiger partial charge in [-0.2, -0.15) is 0 Å². The summed E-state index contributed by atoms with van der Waals surface area (Å²) in [5.41, 5.74) is 13.5. The molecular formula is C10H11N3OS. The zero-order valence-electron chi connectivity index (χ0n) is 8.50. The van der Waals surface area contributed by atoms with Gasteiger partial charge in [-0.3, -0.25) is 4.79 Å². The van der Waals surface area contributed by atoms with Gasteiger partial charge in [-0.1, -0.05) is 0 Å². The monoisotopic (exact) mass is 221 g/mol. The summed E-state index contributed by atoms with van der Waals surface area (Å²) in [6, 6.07) is 1.80. The number of thiophene rings is 1. The second-order valence-electron chi connectivity index (χ2n) is 3.45. The first-order valence-electron chi connectivity index (χ1n) is 4.46. The van der Waals surface area contributed by atoms with Crippen LogP contribution in [0.3, 0.4) is 0 Å². The molecule has 0 aliphatic rings. The minimum absolute atomic E-state index is 0.424. The van der Waals surface area contributed by atoms with Crippen LogP contribution in [-0.4, -0.2) is 10.9 Å². The van der Waals surface area contributed by atoms with Gasteiger partial charge in [-0.25, -0.2) is 4.98 Å². The number of fused-ring (bicyclic) bond motifs is 1. The van der Waals surface area contributed by atoms with E-state index in [0.717, 1.165) is 21.5 Å². The Morgan fingerprint density at radius 3 is 2.73 bits per heavy atom. The highest BCUT2D eigenvalue weighted by molar-refractivity contribution is 7.20. The summed E-state index contributed by atoms with van der Waals surface area (Å²) < 4.78 is 0. The molecule has 15 heavy (non-hydrogen) atoms. The molecule has 0 aliphatic carbocycles. The summed E-state index contributed by atoms with van der Waals surface area (Å²) in [5, 5.41) is 0.847. The lowest BCUT2D eigenvalue weighted by atomic mass is 10.1. The van der Waals surface area contributed by atoms with Crippen molar-refractivity contribution in [3.05, 3.63) is 22.2 Å². The first-order valence-corrected chi connectivity index (χ1v) is 5.28. The van der Waals surface area contributed by atoms with Gasteiger partial charge < -0.3 is 11.5 Å². The lowest BCUT2D eigenvalue weighted by Crippen LogP contribution is -2.09. The number of aromatic nitrogens is 1. The number of primary amides is 1. The molecule has 2 heterocycles. The molecule has 0 fully saturated rings. The van der Waals surface area contributed by atoms with E-state index in [1.165, 1.54) is 11.3 Å². The standard InChI is InChI=1S/C10H11N3OS/c1-4-3-6(11)7-5(2)8(9(12)14)15-10(7)13-4/h3H,1-2H3,(H2,11,13)(H2,12,14). The highest BCUT2D eigenvalue weighted by atomic mass is 32.1. The van der Waals surface area contributed by atoms with Gasteiger partial charge in [0.05, 0.1) is 4.88 Å². The zero-order valence-corrected chi connectivity index (χ0v) is 9.31. The lowest BCUT2D eigenvalue weighted by molar-refractivity contribution is 0.100.